The molecule has 0 radical (unpaired) electrons. The Morgan fingerprint density at radius 1 is 1.29 bits per heavy atom. The third-order valence-corrected chi connectivity index (χ3v) is 5.08. The number of H-pyrrole nitrogens is 1. The molecule has 2 heterocycles. The van der Waals surface area contributed by atoms with Gasteiger partial charge in [0.05, 0.1) is 22.5 Å². The Kier molecular flexibility index (Phi) is 5.15. The number of carbonyl (C=O) groups excluding carboxylic acids is 1. The molecule has 2 aromatic heterocycles. The smallest absolute Gasteiger partial charge is 0.237 e. The van der Waals surface area contributed by atoms with Crippen LogP contribution in [0.4, 0.5) is 5.69 Å². The molecular weight excluding hydrogens is 320 g/mol. The normalized spacial score (nSPS) is 12.2. The van der Waals surface area contributed by atoms with Crippen LogP contribution in [0.5, 0.6) is 0 Å². The van der Waals surface area contributed by atoms with Crippen molar-refractivity contribution >= 4 is 34.4 Å². The second kappa shape index (κ2) is 7.49. The highest BCUT2D eigenvalue weighted by Gasteiger charge is 2.20. The third-order valence-electron chi connectivity index (χ3n) is 3.83. The maximum absolute atomic E-state index is 12.6. The van der Waals surface area contributed by atoms with Gasteiger partial charge < -0.3 is 10.3 Å². The van der Waals surface area contributed by atoms with Crippen LogP contribution < -0.4 is 5.32 Å². The van der Waals surface area contributed by atoms with E-state index in [9.17, 15) is 4.79 Å². The van der Waals surface area contributed by atoms with Crippen molar-refractivity contribution in [2.45, 2.75) is 37.1 Å². The predicted molar refractivity (Wildman–Crippen MR) is 98.3 cm³/mol. The number of anilines is 1. The Morgan fingerprint density at radius 2 is 2.12 bits per heavy atom. The summed E-state index contributed by atoms with van der Waals surface area (Å²) in [4.78, 5) is 24.4. The zero-order valence-electron chi connectivity index (χ0n) is 13.7. The molecule has 1 aromatic carbocycles. The second-order valence-corrected chi connectivity index (χ2v) is 6.64. The number of para-hydroxylation sites is 1. The minimum atomic E-state index is -0.205. The van der Waals surface area contributed by atoms with Crippen molar-refractivity contribution < 1.29 is 4.79 Å². The van der Waals surface area contributed by atoms with E-state index in [0.29, 0.717) is 0 Å². The van der Waals surface area contributed by atoms with Gasteiger partial charge in [-0.25, -0.2) is 4.98 Å². The molecule has 0 fully saturated rings. The van der Waals surface area contributed by atoms with E-state index in [-0.39, 0.29) is 11.2 Å². The number of carbonyl (C=O) groups is 1. The molecule has 6 heteroatoms. The molecular formula is C18H20N4OS. The van der Waals surface area contributed by atoms with Crippen molar-refractivity contribution in [1.29, 1.82) is 0 Å². The van der Waals surface area contributed by atoms with E-state index >= 15 is 0 Å². The number of nitrogens with one attached hydrogen (secondary N) is 2. The van der Waals surface area contributed by atoms with Crippen LogP contribution in [0, 0.1) is 0 Å². The first-order valence-electron chi connectivity index (χ1n) is 8.06. The van der Waals surface area contributed by atoms with Gasteiger partial charge in [0.15, 0.2) is 5.16 Å². The van der Waals surface area contributed by atoms with Crippen molar-refractivity contribution in [3.63, 3.8) is 0 Å². The SMILES string of the molecule is CCc1ccccc1NC(=O)C(CC)Sc1nc2ccncc2[nH]1. The molecule has 5 nitrogen and oxygen atoms in total. The summed E-state index contributed by atoms with van der Waals surface area (Å²) in [5, 5.41) is 3.59. The summed E-state index contributed by atoms with van der Waals surface area (Å²) in [5.74, 6) is 0.00183. The van der Waals surface area contributed by atoms with E-state index in [1.165, 1.54) is 11.8 Å². The number of pyridine rings is 1. The Hall–Kier alpha value is -2.34. The van der Waals surface area contributed by atoms with E-state index in [4.69, 9.17) is 0 Å². The van der Waals surface area contributed by atoms with Gasteiger partial charge in [-0.1, -0.05) is 43.8 Å². The quantitative estimate of drug-likeness (QED) is 0.665. The van der Waals surface area contributed by atoms with E-state index in [1.54, 1.807) is 12.4 Å². The van der Waals surface area contributed by atoms with Gasteiger partial charge in [0.2, 0.25) is 5.91 Å². The molecule has 0 aliphatic heterocycles. The number of aryl methyl sites for hydroxylation is 1. The highest BCUT2D eigenvalue weighted by molar-refractivity contribution is 8.00. The van der Waals surface area contributed by atoms with Crippen LogP contribution in [0.3, 0.4) is 0 Å². The number of hydrogen-bond acceptors (Lipinski definition) is 4. The number of aromatic nitrogens is 3. The first kappa shape index (κ1) is 16.5. The first-order valence-corrected chi connectivity index (χ1v) is 8.94. The van der Waals surface area contributed by atoms with E-state index in [2.05, 4.69) is 27.2 Å². The zero-order chi connectivity index (χ0) is 16.9. The van der Waals surface area contributed by atoms with Gasteiger partial charge in [-0.05, 0) is 30.5 Å². The molecule has 1 unspecified atom stereocenters. The number of hydrogen-bond donors (Lipinski definition) is 2. The summed E-state index contributed by atoms with van der Waals surface area (Å²) < 4.78 is 0. The van der Waals surface area contributed by atoms with Gasteiger partial charge in [0, 0.05) is 11.9 Å². The van der Waals surface area contributed by atoms with Gasteiger partial charge >= 0.3 is 0 Å². The average Bonchev–Trinajstić information content (AvgIpc) is 3.02. The van der Waals surface area contributed by atoms with Crippen molar-refractivity contribution in [2.24, 2.45) is 0 Å². The van der Waals surface area contributed by atoms with Crippen molar-refractivity contribution in [1.82, 2.24) is 15.0 Å². The molecule has 0 saturated heterocycles. The Morgan fingerprint density at radius 3 is 2.88 bits per heavy atom. The molecule has 1 amide bonds. The summed E-state index contributed by atoms with van der Waals surface area (Å²) in [6.07, 6.45) is 5.06. The monoisotopic (exact) mass is 340 g/mol. The Balaban J connectivity index is 1.74. The van der Waals surface area contributed by atoms with E-state index in [0.717, 1.165) is 40.3 Å². The minimum absolute atomic E-state index is 0.00183. The lowest BCUT2D eigenvalue weighted by atomic mass is 10.1. The van der Waals surface area contributed by atoms with Crippen LogP contribution in [0.25, 0.3) is 11.0 Å². The summed E-state index contributed by atoms with van der Waals surface area (Å²) >= 11 is 1.45. The van der Waals surface area contributed by atoms with Crippen LogP contribution in [0.15, 0.2) is 47.9 Å². The van der Waals surface area contributed by atoms with Gasteiger partial charge in [0.25, 0.3) is 0 Å². The lowest BCUT2D eigenvalue weighted by Crippen LogP contribution is -2.25. The summed E-state index contributed by atoms with van der Waals surface area (Å²) in [7, 11) is 0. The molecule has 0 bridgehead atoms. The summed E-state index contributed by atoms with van der Waals surface area (Å²) in [5.41, 5.74) is 3.77. The summed E-state index contributed by atoms with van der Waals surface area (Å²) in [6, 6.07) is 9.77. The van der Waals surface area contributed by atoms with Crippen molar-refractivity contribution in [3.05, 3.63) is 48.3 Å². The van der Waals surface area contributed by atoms with Crippen molar-refractivity contribution in [2.75, 3.05) is 5.32 Å². The fourth-order valence-corrected chi connectivity index (χ4v) is 3.43. The van der Waals surface area contributed by atoms with Crippen LogP contribution in [0.1, 0.15) is 25.8 Å². The molecule has 2 N–H and O–H groups in total. The molecule has 3 rings (SSSR count). The number of aromatic amines is 1. The molecule has 24 heavy (non-hydrogen) atoms. The summed E-state index contributed by atoms with van der Waals surface area (Å²) in [6.45, 7) is 4.09. The standard InChI is InChI=1S/C18H20N4OS/c1-3-12-7-5-6-8-13(12)20-17(23)16(4-2)24-18-21-14-9-10-19-11-15(14)22-18/h5-11,16H,3-4H2,1-2H3,(H,20,23)(H,21,22). The molecule has 0 saturated carbocycles. The lowest BCUT2D eigenvalue weighted by molar-refractivity contribution is -0.115. The number of imidazole rings is 1. The molecule has 0 spiro atoms. The maximum Gasteiger partial charge on any atom is 0.237 e. The van der Waals surface area contributed by atoms with Gasteiger partial charge in [0.1, 0.15) is 0 Å². The predicted octanol–water partition coefficient (Wildman–Crippen LogP) is 4.03. The number of rotatable bonds is 6. The van der Waals surface area contributed by atoms with Gasteiger partial charge in [-0.3, -0.25) is 9.78 Å². The fraction of sp³-hybridized carbons (Fsp3) is 0.278. The second-order valence-electron chi connectivity index (χ2n) is 5.45. The largest absolute Gasteiger partial charge is 0.332 e. The highest BCUT2D eigenvalue weighted by atomic mass is 32.2. The maximum atomic E-state index is 12.6. The van der Waals surface area contributed by atoms with Crippen LogP contribution in [-0.2, 0) is 11.2 Å². The van der Waals surface area contributed by atoms with Gasteiger partial charge in [-0.15, -0.1) is 0 Å². The minimum Gasteiger partial charge on any atom is -0.332 e. The Labute approximate surface area is 145 Å². The first-order chi connectivity index (χ1) is 11.7. The van der Waals surface area contributed by atoms with Crippen LogP contribution in [0.2, 0.25) is 0 Å². The lowest BCUT2D eigenvalue weighted by Gasteiger charge is -2.15. The molecule has 0 aliphatic carbocycles. The molecule has 1 atom stereocenters. The van der Waals surface area contributed by atoms with Crippen LogP contribution >= 0.6 is 11.8 Å². The Bertz CT molecular complexity index is 813. The highest BCUT2D eigenvalue weighted by Crippen LogP contribution is 2.26. The number of thioether (sulfide) groups is 1. The molecule has 3 aromatic rings. The average molecular weight is 340 g/mol. The number of benzene rings is 1. The fourth-order valence-electron chi connectivity index (χ4n) is 2.51. The van der Waals surface area contributed by atoms with E-state index in [1.807, 2.05) is 37.3 Å². The molecule has 0 aliphatic rings. The number of amides is 1. The topological polar surface area (TPSA) is 70.7 Å². The molecule has 124 valence electrons. The van der Waals surface area contributed by atoms with Gasteiger partial charge in [-0.2, -0.15) is 0 Å². The van der Waals surface area contributed by atoms with Crippen LogP contribution in [-0.4, -0.2) is 26.1 Å². The van der Waals surface area contributed by atoms with Crippen molar-refractivity contribution in [3.8, 4) is 0 Å². The number of fused-ring (bicyclic) bond motifs is 1. The number of nitrogens with zero attached hydrogens (tertiary/aromatic N) is 2. The van der Waals surface area contributed by atoms with E-state index < -0.39 is 0 Å². The third kappa shape index (κ3) is 3.59. The zero-order valence-corrected chi connectivity index (χ0v) is 14.6.